The third-order valence-corrected chi connectivity index (χ3v) is 9.55. The van der Waals surface area contributed by atoms with Crippen molar-refractivity contribution in [3.05, 3.63) is 109 Å². The Morgan fingerprint density at radius 3 is 1.83 bits per heavy atom. The number of carbonyl (C=O) groups is 2. The molecule has 0 fully saturated rings. The van der Waals surface area contributed by atoms with E-state index in [-0.39, 0.29) is 25.0 Å². The first kappa shape index (κ1) is 25.7. The number of imide groups is 1. The molecule has 0 aliphatic carbocycles. The van der Waals surface area contributed by atoms with Crippen LogP contribution in [0.4, 0.5) is 0 Å². The van der Waals surface area contributed by atoms with E-state index in [4.69, 9.17) is 13.6 Å². The quantitative estimate of drug-likeness (QED) is 0.164. The Morgan fingerprint density at radius 2 is 1.33 bits per heavy atom. The SMILES string of the molecule is C=CCOCC(C)(C)O[Si](OCCN1C(=O)c2ccccc2C1=O)(c1ccccc1)c1ccccc1. The molecule has 1 heterocycles. The van der Waals surface area contributed by atoms with Gasteiger partial charge >= 0.3 is 8.56 Å². The fourth-order valence-electron chi connectivity index (χ4n) is 4.33. The van der Waals surface area contributed by atoms with Gasteiger partial charge in [0, 0.05) is 0 Å². The number of carbonyl (C=O) groups excluding carboxylic acids is 2. The van der Waals surface area contributed by atoms with Crippen LogP contribution in [0, 0.1) is 0 Å². The fourth-order valence-corrected chi connectivity index (χ4v) is 7.76. The Kier molecular flexibility index (Phi) is 7.96. The molecule has 6 nitrogen and oxygen atoms in total. The van der Waals surface area contributed by atoms with Crippen LogP contribution in [0.5, 0.6) is 0 Å². The van der Waals surface area contributed by atoms with Gasteiger partial charge in [-0.25, -0.2) is 0 Å². The lowest BCUT2D eigenvalue weighted by molar-refractivity contribution is -0.0153. The summed E-state index contributed by atoms with van der Waals surface area (Å²) in [4.78, 5) is 27.0. The molecule has 4 rings (SSSR count). The van der Waals surface area contributed by atoms with Crippen LogP contribution in [0.1, 0.15) is 34.6 Å². The van der Waals surface area contributed by atoms with Crippen molar-refractivity contribution in [2.24, 2.45) is 0 Å². The van der Waals surface area contributed by atoms with Crippen LogP contribution in [0.25, 0.3) is 0 Å². The summed E-state index contributed by atoms with van der Waals surface area (Å²) in [7, 11) is -3.29. The number of hydrogen-bond donors (Lipinski definition) is 0. The third kappa shape index (κ3) is 5.39. The first-order chi connectivity index (χ1) is 17.4. The Morgan fingerprint density at radius 1 is 0.833 bits per heavy atom. The number of ether oxygens (including phenoxy) is 1. The minimum Gasteiger partial charge on any atom is -0.386 e. The molecule has 3 aromatic rings. The molecule has 36 heavy (non-hydrogen) atoms. The second-order valence-corrected chi connectivity index (χ2v) is 12.1. The Hall–Kier alpha value is -3.36. The maximum Gasteiger partial charge on any atom is 0.407 e. The molecule has 1 aliphatic heterocycles. The van der Waals surface area contributed by atoms with Crippen molar-refractivity contribution in [2.45, 2.75) is 19.4 Å². The lowest BCUT2D eigenvalue weighted by atomic mass is 10.1. The summed E-state index contributed by atoms with van der Waals surface area (Å²) in [6, 6.07) is 26.6. The standard InChI is InChI=1S/C29H31NO5Si/c1-4-20-33-22-29(2,3)35-36(23-13-7-5-8-14-23,24-15-9-6-10-16-24)34-21-19-30-27(31)25-17-11-12-18-26(25)28(30)32/h4-18H,1,19-22H2,2-3H3. The van der Waals surface area contributed by atoms with E-state index < -0.39 is 14.2 Å². The van der Waals surface area contributed by atoms with Crippen molar-refractivity contribution in [3.8, 4) is 0 Å². The van der Waals surface area contributed by atoms with Gasteiger partial charge in [0.25, 0.3) is 11.8 Å². The predicted molar refractivity (Wildman–Crippen MR) is 142 cm³/mol. The number of benzene rings is 3. The van der Waals surface area contributed by atoms with Crippen LogP contribution >= 0.6 is 0 Å². The zero-order chi connectivity index (χ0) is 25.6. The van der Waals surface area contributed by atoms with Gasteiger partial charge in [0.15, 0.2) is 0 Å². The molecule has 0 atom stereocenters. The normalized spacial score (nSPS) is 13.7. The van der Waals surface area contributed by atoms with Gasteiger partial charge in [0.2, 0.25) is 0 Å². The highest BCUT2D eigenvalue weighted by molar-refractivity contribution is 6.92. The summed E-state index contributed by atoms with van der Waals surface area (Å²) in [5.41, 5.74) is 0.166. The summed E-state index contributed by atoms with van der Waals surface area (Å²) in [6.45, 7) is 8.66. The van der Waals surface area contributed by atoms with Crippen molar-refractivity contribution in [2.75, 3.05) is 26.4 Å². The number of fused-ring (bicyclic) bond motifs is 1. The lowest BCUT2D eigenvalue weighted by Gasteiger charge is -2.39. The minimum absolute atomic E-state index is 0.123. The maximum atomic E-state index is 12.9. The number of amides is 2. The topological polar surface area (TPSA) is 65.1 Å². The van der Waals surface area contributed by atoms with E-state index in [9.17, 15) is 9.59 Å². The average Bonchev–Trinajstić information content (AvgIpc) is 3.14. The fraction of sp³-hybridized carbons (Fsp3) is 0.241. The van der Waals surface area contributed by atoms with E-state index in [1.165, 1.54) is 4.90 Å². The molecule has 0 spiro atoms. The summed E-state index contributed by atoms with van der Waals surface area (Å²) in [5, 5.41) is 1.85. The molecule has 0 aromatic heterocycles. The molecule has 0 bridgehead atoms. The van der Waals surface area contributed by atoms with Crippen molar-refractivity contribution >= 4 is 30.7 Å². The van der Waals surface area contributed by atoms with Crippen LogP contribution in [0.3, 0.4) is 0 Å². The molecular weight excluding hydrogens is 470 g/mol. The second-order valence-electron chi connectivity index (χ2n) is 9.17. The smallest absolute Gasteiger partial charge is 0.386 e. The van der Waals surface area contributed by atoms with E-state index in [0.29, 0.717) is 24.3 Å². The van der Waals surface area contributed by atoms with Crippen LogP contribution in [0.15, 0.2) is 97.6 Å². The Labute approximate surface area is 213 Å². The van der Waals surface area contributed by atoms with Gasteiger partial charge in [-0.2, -0.15) is 0 Å². The summed E-state index contributed by atoms with van der Waals surface area (Å²) in [5.74, 6) is -0.602. The molecule has 186 valence electrons. The predicted octanol–water partition coefficient (Wildman–Crippen LogP) is 3.55. The van der Waals surface area contributed by atoms with Crippen LogP contribution in [0.2, 0.25) is 0 Å². The van der Waals surface area contributed by atoms with Gasteiger partial charge < -0.3 is 13.6 Å². The van der Waals surface area contributed by atoms with E-state index in [1.54, 1.807) is 30.3 Å². The summed E-state index contributed by atoms with van der Waals surface area (Å²) < 4.78 is 19.3. The van der Waals surface area contributed by atoms with Gasteiger partial charge in [-0.3, -0.25) is 14.5 Å². The zero-order valence-corrected chi connectivity index (χ0v) is 21.7. The van der Waals surface area contributed by atoms with Crippen molar-refractivity contribution in [3.63, 3.8) is 0 Å². The first-order valence-corrected chi connectivity index (χ1v) is 13.8. The monoisotopic (exact) mass is 501 g/mol. The molecule has 0 saturated carbocycles. The molecule has 0 radical (unpaired) electrons. The first-order valence-electron chi connectivity index (χ1n) is 12.0. The van der Waals surface area contributed by atoms with Gasteiger partial charge in [-0.05, 0) is 36.4 Å². The zero-order valence-electron chi connectivity index (χ0n) is 20.7. The average molecular weight is 502 g/mol. The lowest BCUT2D eigenvalue weighted by Crippen LogP contribution is -2.67. The van der Waals surface area contributed by atoms with E-state index in [1.807, 2.05) is 74.5 Å². The molecule has 1 aliphatic rings. The van der Waals surface area contributed by atoms with E-state index in [0.717, 1.165) is 10.4 Å². The minimum atomic E-state index is -3.29. The highest BCUT2D eigenvalue weighted by Gasteiger charge is 2.47. The van der Waals surface area contributed by atoms with Crippen LogP contribution in [-0.2, 0) is 13.6 Å². The molecule has 2 amide bonds. The second kappa shape index (κ2) is 11.1. The summed E-state index contributed by atoms with van der Waals surface area (Å²) in [6.07, 6.45) is 1.70. The van der Waals surface area contributed by atoms with Gasteiger partial charge in [0.05, 0.1) is 43.1 Å². The van der Waals surface area contributed by atoms with Crippen molar-refractivity contribution in [1.82, 2.24) is 4.90 Å². The number of nitrogens with zero attached hydrogens (tertiary/aromatic N) is 1. The van der Waals surface area contributed by atoms with Crippen molar-refractivity contribution in [1.29, 1.82) is 0 Å². The third-order valence-electron chi connectivity index (χ3n) is 5.91. The molecule has 0 saturated heterocycles. The molecule has 3 aromatic carbocycles. The van der Waals surface area contributed by atoms with Gasteiger partial charge in [-0.15, -0.1) is 6.58 Å². The maximum absolute atomic E-state index is 12.9. The van der Waals surface area contributed by atoms with E-state index in [2.05, 4.69) is 6.58 Å². The summed E-state index contributed by atoms with van der Waals surface area (Å²) >= 11 is 0. The van der Waals surface area contributed by atoms with E-state index >= 15 is 0 Å². The molecule has 0 N–H and O–H groups in total. The Balaban J connectivity index is 1.64. The van der Waals surface area contributed by atoms with Crippen LogP contribution in [-0.4, -0.2) is 57.2 Å². The number of rotatable bonds is 12. The van der Waals surface area contributed by atoms with Gasteiger partial charge in [0.1, 0.15) is 0 Å². The molecular formula is C29H31NO5Si. The largest absolute Gasteiger partial charge is 0.407 e. The highest BCUT2D eigenvalue weighted by atomic mass is 28.4. The van der Waals surface area contributed by atoms with Gasteiger partial charge in [-0.1, -0.05) is 78.9 Å². The van der Waals surface area contributed by atoms with Crippen LogP contribution < -0.4 is 10.4 Å². The van der Waals surface area contributed by atoms with Crippen molar-refractivity contribution < 1.29 is 23.2 Å². The molecule has 0 unspecified atom stereocenters. The number of hydrogen-bond acceptors (Lipinski definition) is 5. The Bertz CT molecular complexity index is 1140. The molecule has 7 heteroatoms. The highest BCUT2D eigenvalue weighted by Crippen LogP contribution is 2.24.